The molecule has 1 aromatic carbocycles. The van der Waals surface area contributed by atoms with Gasteiger partial charge in [-0.05, 0) is 37.9 Å². The van der Waals surface area contributed by atoms with E-state index in [4.69, 9.17) is 9.47 Å². The molecule has 132 valence electrons. The summed E-state index contributed by atoms with van der Waals surface area (Å²) in [6, 6.07) is 6.68. The van der Waals surface area contributed by atoms with Crippen molar-refractivity contribution in [2.75, 3.05) is 26.2 Å². The van der Waals surface area contributed by atoms with E-state index in [1.165, 1.54) is 25.0 Å². The Morgan fingerprint density at radius 2 is 2.33 bits per heavy atom. The molecule has 1 N–H and O–H groups in total. The maximum absolute atomic E-state index is 13.7. The average Bonchev–Trinajstić information content (AvgIpc) is 3.06. The summed E-state index contributed by atoms with van der Waals surface area (Å²) < 4.78 is 25.0. The molecule has 2 aliphatic rings. The van der Waals surface area contributed by atoms with Gasteiger partial charge in [-0.25, -0.2) is 4.39 Å². The third-order valence-electron chi connectivity index (χ3n) is 4.73. The van der Waals surface area contributed by atoms with Gasteiger partial charge in [-0.1, -0.05) is 19.1 Å². The summed E-state index contributed by atoms with van der Waals surface area (Å²) in [6.07, 6.45) is 2.20. The number of hydrogen-bond acceptors (Lipinski definition) is 4. The first kappa shape index (κ1) is 17.2. The van der Waals surface area contributed by atoms with Crippen molar-refractivity contribution < 1.29 is 18.7 Å². The van der Waals surface area contributed by atoms with E-state index in [1.54, 1.807) is 12.1 Å². The Kier molecular flexibility index (Phi) is 5.68. The van der Waals surface area contributed by atoms with Crippen molar-refractivity contribution in [2.45, 2.75) is 44.4 Å². The van der Waals surface area contributed by atoms with E-state index in [2.05, 4.69) is 10.2 Å². The Morgan fingerprint density at radius 1 is 1.50 bits per heavy atom. The lowest BCUT2D eigenvalue weighted by atomic mass is 10.2. The number of hydrogen-bond donors (Lipinski definition) is 1. The van der Waals surface area contributed by atoms with Crippen LogP contribution in [0.1, 0.15) is 26.2 Å². The predicted molar refractivity (Wildman–Crippen MR) is 88.5 cm³/mol. The van der Waals surface area contributed by atoms with Gasteiger partial charge in [0.2, 0.25) is 0 Å². The van der Waals surface area contributed by atoms with Crippen LogP contribution in [-0.4, -0.2) is 55.3 Å². The minimum atomic E-state index is -0.704. The molecule has 3 atom stereocenters. The van der Waals surface area contributed by atoms with E-state index in [9.17, 15) is 9.18 Å². The highest BCUT2D eigenvalue weighted by atomic mass is 19.1. The summed E-state index contributed by atoms with van der Waals surface area (Å²) in [5.74, 6) is -0.583. The number of benzene rings is 1. The van der Waals surface area contributed by atoms with Crippen LogP contribution in [-0.2, 0) is 9.53 Å². The van der Waals surface area contributed by atoms with E-state index in [0.717, 1.165) is 19.7 Å². The first-order valence-corrected chi connectivity index (χ1v) is 8.72. The number of morpholine rings is 1. The van der Waals surface area contributed by atoms with E-state index in [-0.39, 0.29) is 17.8 Å². The highest BCUT2D eigenvalue weighted by Crippen LogP contribution is 2.22. The van der Waals surface area contributed by atoms with Gasteiger partial charge in [0.15, 0.2) is 17.7 Å². The molecule has 5 nitrogen and oxygen atoms in total. The smallest absolute Gasteiger partial charge is 0.261 e. The molecular weight excluding hydrogens is 311 g/mol. The van der Waals surface area contributed by atoms with Crippen molar-refractivity contribution in [1.82, 2.24) is 10.2 Å². The van der Waals surface area contributed by atoms with Gasteiger partial charge in [0, 0.05) is 19.1 Å². The second-order valence-corrected chi connectivity index (χ2v) is 6.44. The van der Waals surface area contributed by atoms with Crippen LogP contribution in [0.5, 0.6) is 5.75 Å². The lowest BCUT2D eigenvalue weighted by molar-refractivity contribution is -0.129. The van der Waals surface area contributed by atoms with Crippen molar-refractivity contribution >= 4 is 5.91 Å². The molecule has 24 heavy (non-hydrogen) atoms. The fourth-order valence-electron chi connectivity index (χ4n) is 3.35. The number of rotatable bonds is 6. The highest BCUT2D eigenvalue weighted by Gasteiger charge is 2.32. The molecule has 0 spiro atoms. The maximum Gasteiger partial charge on any atom is 0.261 e. The largest absolute Gasteiger partial charge is 0.478 e. The van der Waals surface area contributed by atoms with Crippen molar-refractivity contribution in [3.8, 4) is 5.75 Å². The first-order valence-electron chi connectivity index (χ1n) is 8.72. The minimum Gasteiger partial charge on any atom is -0.478 e. The molecule has 6 heteroatoms. The van der Waals surface area contributed by atoms with Gasteiger partial charge in [0.05, 0.1) is 12.7 Å². The lowest BCUT2D eigenvalue weighted by Gasteiger charge is -2.35. The van der Waals surface area contributed by atoms with Gasteiger partial charge in [0.1, 0.15) is 0 Å². The number of carbonyl (C=O) groups excluding carboxylic acids is 1. The number of halogens is 1. The topological polar surface area (TPSA) is 50.8 Å². The van der Waals surface area contributed by atoms with Crippen LogP contribution in [0.25, 0.3) is 0 Å². The van der Waals surface area contributed by atoms with Crippen LogP contribution < -0.4 is 10.1 Å². The van der Waals surface area contributed by atoms with Crippen LogP contribution in [0.2, 0.25) is 0 Å². The summed E-state index contributed by atoms with van der Waals surface area (Å²) in [4.78, 5) is 14.8. The second kappa shape index (κ2) is 7.94. The summed E-state index contributed by atoms with van der Waals surface area (Å²) in [6.45, 7) is 5.02. The molecule has 0 bridgehead atoms. The molecule has 0 aliphatic carbocycles. The zero-order valence-electron chi connectivity index (χ0n) is 14.0. The van der Waals surface area contributed by atoms with Crippen LogP contribution >= 0.6 is 0 Å². The molecule has 0 saturated carbocycles. The van der Waals surface area contributed by atoms with Gasteiger partial charge in [-0.2, -0.15) is 0 Å². The molecule has 0 radical (unpaired) electrons. The fourth-order valence-corrected chi connectivity index (χ4v) is 3.35. The average molecular weight is 336 g/mol. The molecule has 2 heterocycles. The number of ether oxygens (including phenoxy) is 2. The number of para-hydroxylation sites is 1. The molecule has 0 aromatic heterocycles. The molecule has 2 aliphatic heterocycles. The monoisotopic (exact) mass is 336 g/mol. The van der Waals surface area contributed by atoms with Crippen LogP contribution in [0.15, 0.2) is 24.3 Å². The summed E-state index contributed by atoms with van der Waals surface area (Å²) >= 11 is 0. The zero-order chi connectivity index (χ0) is 16.9. The Morgan fingerprint density at radius 3 is 3.12 bits per heavy atom. The summed E-state index contributed by atoms with van der Waals surface area (Å²) in [5, 5.41) is 2.88. The number of nitrogens with zero attached hydrogens (tertiary/aromatic N) is 1. The number of amides is 1. The standard InChI is InChI=1S/C18H25FN2O3/c1-2-16(24-17-8-4-3-7-15(17)19)18(22)20-10-14-11-21-9-5-6-13(21)12-23-14/h3-4,7-8,13-14,16H,2,5-6,9-12H2,1H3,(H,20,22)/t13-,14-,16-/m0/s1. The Bertz CT molecular complexity index is 569. The normalized spacial score (nSPS) is 25.1. The molecule has 1 aromatic rings. The number of fused-ring (bicyclic) bond motifs is 1. The maximum atomic E-state index is 13.7. The molecule has 2 saturated heterocycles. The SMILES string of the molecule is CC[C@H](Oc1ccccc1F)C(=O)NC[C@H]1CN2CCC[C@H]2CO1. The second-order valence-electron chi connectivity index (χ2n) is 6.44. The quantitative estimate of drug-likeness (QED) is 0.863. The zero-order valence-corrected chi connectivity index (χ0v) is 14.0. The molecule has 3 rings (SSSR count). The van der Waals surface area contributed by atoms with Gasteiger partial charge in [-0.15, -0.1) is 0 Å². The highest BCUT2D eigenvalue weighted by molar-refractivity contribution is 5.81. The Labute approximate surface area is 142 Å². The van der Waals surface area contributed by atoms with E-state index in [1.807, 2.05) is 6.92 Å². The van der Waals surface area contributed by atoms with Crippen molar-refractivity contribution in [3.63, 3.8) is 0 Å². The van der Waals surface area contributed by atoms with Crippen molar-refractivity contribution in [3.05, 3.63) is 30.1 Å². The van der Waals surface area contributed by atoms with Crippen molar-refractivity contribution in [1.29, 1.82) is 0 Å². The van der Waals surface area contributed by atoms with Crippen LogP contribution in [0.3, 0.4) is 0 Å². The van der Waals surface area contributed by atoms with Gasteiger partial charge < -0.3 is 14.8 Å². The molecule has 2 fully saturated rings. The molecule has 0 unspecified atom stereocenters. The number of nitrogens with one attached hydrogen (secondary N) is 1. The predicted octanol–water partition coefficient (Wildman–Crippen LogP) is 1.96. The lowest BCUT2D eigenvalue weighted by Crippen LogP contribution is -2.51. The van der Waals surface area contributed by atoms with Gasteiger partial charge in [0.25, 0.3) is 5.91 Å². The Balaban J connectivity index is 1.49. The molecule has 1 amide bonds. The van der Waals surface area contributed by atoms with Gasteiger partial charge in [-0.3, -0.25) is 9.69 Å². The van der Waals surface area contributed by atoms with Crippen molar-refractivity contribution in [2.24, 2.45) is 0 Å². The third kappa shape index (κ3) is 4.05. The minimum absolute atomic E-state index is 0.00858. The van der Waals surface area contributed by atoms with E-state index in [0.29, 0.717) is 19.0 Å². The van der Waals surface area contributed by atoms with Gasteiger partial charge >= 0.3 is 0 Å². The summed E-state index contributed by atoms with van der Waals surface area (Å²) in [7, 11) is 0. The van der Waals surface area contributed by atoms with Crippen LogP contribution in [0, 0.1) is 5.82 Å². The van der Waals surface area contributed by atoms with Crippen LogP contribution in [0.4, 0.5) is 4.39 Å². The fraction of sp³-hybridized carbons (Fsp3) is 0.611. The Hall–Kier alpha value is -1.66. The number of carbonyl (C=O) groups is 1. The third-order valence-corrected chi connectivity index (χ3v) is 4.73. The molecular formula is C18H25FN2O3. The summed E-state index contributed by atoms with van der Waals surface area (Å²) in [5.41, 5.74) is 0. The van der Waals surface area contributed by atoms with E-state index >= 15 is 0 Å². The first-order chi connectivity index (χ1) is 11.7. The van der Waals surface area contributed by atoms with E-state index < -0.39 is 11.9 Å².